The number of amides is 2. The monoisotopic (exact) mass is 402 g/mol. The van der Waals surface area contributed by atoms with E-state index in [1.165, 1.54) is 12.1 Å². The number of benzene rings is 3. The fourth-order valence-corrected chi connectivity index (χ4v) is 3.84. The predicted molar refractivity (Wildman–Crippen MR) is 115 cm³/mol. The van der Waals surface area contributed by atoms with Crippen LogP contribution in [0.5, 0.6) is 0 Å². The molecule has 0 spiro atoms. The van der Waals surface area contributed by atoms with Gasteiger partial charge in [-0.3, -0.25) is 9.59 Å². The van der Waals surface area contributed by atoms with Gasteiger partial charge in [-0.05, 0) is 60.4 Å². The molecule has 4 nitrogen and oxygen atoms in total. The van der Waals surface area contributed by atoms with Crippen molar-refractivity contribution < 1.29 is 14.0 Å². The van der Waals surface area contributed by atoms with Crippen LogP contribution in [0.4, 0.5) is 10.1 Å². The van der Waals surface area contributed by atoms with Gasteiger partial charge in [0.1, 0.15) is 5.82 Å². The zero-order valence-electron chi connectivity index (χ0n) is 16.8. The topological polar surface area (TPSA) is 49.4 Å². The summed E-state index contributed by atoms with van der Waals surface area (Å²) in [7, 11) is 0. The van der Waals surface area contributed by atoms with Crippen LogP contribution in [0.25, 0.3) is 0 Å². The predicted octanol–water partition coefficient (Wildman–Crippen LogP) is 4.28. The molecule has 3 aromatic rings. The average Bonchev–Trinajstić information content (AvgIpc) is 3.09. The number of carbonyl (C=O) groups excluding carboxylic acids is 2. The number of nitrogens with zero attached hydrogens (tertiary/aromatic N) is 1. The Morgan fingerprint density at radius 2 is 1.70 bits per heavy atom. The standard InChI is InChI=1S/C25H23FN2O2/c1-17-13-21-10-7-19(16-27-24(29)15-18-8-11-22(26)12-9-18)14-23(21)28(17)25(30)20-5-3-2-4-6-20/h2-12,14,17H,13,15-16H2,1H3,(H,27,29). The highest BCUT2D eigenvalue weighted by Gasteiger charge is 2.31. The summed E-state index contributed by atoms with van der Waals surface area (Å²) in [4.78, 5) is 27.1. The molecule has 5 heteroatoms. The molecule has 1 unspecified atom stereocenters. The summed E-state index contributed by atoms with van der Waals surface area (Å²) < 4.78 is 13.0. The summed E-state index contributed by atoms with van der Waals surface area (Å²) in [6, 6.07) is 21.3. The molecule has 1 atom stereocenters. The highest BCUT2D eigenvalue weighted by molar-refractivity contribution is 6.07. The molecule has 0 saturated heterocycles. The largest absolute Gasteiger partial charge is 0.352 e. The van der Waals surface area contributed by atoms with Crippen molar-refractivity contribution in [1.82, 2.24) is 5.32 Å². The Bertz CT molecular complexity index is 1060. The molecule has 0 radical (unpaired) electrons. The van der Waals surface area contributed by atoms with Gasteiger partial charge in [0.2, 0.25) is 5.91 Å². The Morgan fingerprint density at radius 1 is 1.00 bits per heavy atom. The van der Waals surface area contributed by atoms with Crippen LogP contribution < -0.4 is 10.2 Å². The summed E-state index contributed by atoms with van der Waals surface area (Å²) in [6.45, 7) is 2.42. The van der Waals surface area contributed by atoms with Gasteiger partial charge in [0.05, 0.1) is 6.42 Å². The average molecular weight is 402 g/mol. The highest BCUT2D eigenvalue weighted by atomic mass is 19.1. The van der Waals surface area contributed by atoms with E-state index < -0.39 is 0 Å². The number of hydrogen-bond acceptors (Lipinski definition) is 2. The van der Waals surface area contributed by atoms with E-state index in [9.17, 15) is 14.0 Å². The first-order valence-corrected chi connectivity index (χ1v) is 10.0. The maximum atomic E-state index is 13.1. The Hall–Kier alpha value is -3.47. The Balaban J connectivity index is 1.45. The minimum atomic E-state index is -0.318. The SMILES string of the molecule is CC1Cc2ccc(CNC(=O)Cc3ccc(F)cc3)cc2N1C(=O)c1ccccc1. The molecular formula is C25H23FN2O2. The minimum absolute atomic E-state index is 0.0145. The molecule has 1 aliphatic heterocycles. The van der Waals surface area contributed by atoms with Crippen LogP contribution in [0.2, 0.25) is 0 Å². The lowest BCUT2D eigenvalue weighted by Crippen LogP contribution is -2.35. The molecule has 0 saturated carbocycles. The first-order valence-electron chi connectivity index (χ1n) is 10.0. The van der Waals surface area contributed by atoms with E-state index >= 15 is 0 Å². The fraction of sp³-hybridized carbons (Fsp3) is 0.200. The quantitative estimate of drug-likeness (QED) is 0.693. The van der Waals surface area contributed by atoms with Gasteiger partial charge in [0, 0.05) is 23.8 Å². The fourth-order valence-electron chi connectivity index (χ4n) is 3.84. The summed E-state index contributed by atoms with van der Waals surface area (Å²) in [5, 5.41) is 2.90. The second-order valence-electron chi connectivity index (χ2n) is 7.64. The zero-order chi connectivity index (χ0) is 21.1. The van der Waals surface area contributed by atoms with Crippen LogP contribution in [0.15, 0.2) is 72.8 Å². The van der Waals surface area contributed by atoms with E-state index in [-0.39, 0.29) is 30.1 Å². The van der Waals surface area contributed by atoms with Crippen LogP contribution in [0, 0.1) is 5.82 Å². The van der Waals surface area contributed by atoms with Gasteiger partial charge in [-0.1, -0.05) is 42.5 Å². The van der Waals surface area contributed by atoms with Gasteiger partial charge in [-0.15, -0.1) is 0 Å². The first kappa shape index (κ1) is 19.8. The Labute approximate surface area is 175 Å². The summed E-state index contributed by atoms with van der Waals surface area (Å²) in [6.07, 6.45) is 1.01. The number of rotatable bonds is 5. The van der Waals surface area contributed by atoms with E-state index in [0.717, 1.165) is 28.8 Å². The third-order valence-electron chi connectivity index (χ3n) is 5.37. The van der Waals surface area contributed by atoms with Crippen LogP contribution >= 0.6 is 0 Å². The molecule has 4 rings (SSSR count). The van der Waals surface area contributed by atoms with Crippen molar-refractivity contribution in [2.24, 2.45) is 0 Å². The van der Waals surface area contributed by atoms with Crippen molar-refractivity contribution in [2.45, 2.75) is 32.4 Å². The highest BCUT2D eigenvalue weighted by Crippen LogP contribution is 2.34. The molecule has 0 bridgehead atoms. The summed E-state index contributed by atoms with van der Waals surface area (Å²) in [5.74, 6) is -0.465. The van der Waals surface area contributed by atoms with Gasteiger partial charge in [-0.25, -0.2) is 4.39 Å². The van der Waals surface area contributed by atoms with Crippen LogP contribution in [0.3, 0.4) is 0 Å². The van der Waals surface area contributed by atoms with E-state index in [2.05, 4.69) is 5.32 Å². The number of halogens is 1. The van der Waals surface area contributed by atoms with E-state index in [1.54, 1.807) is 12.1 Å². The van der Waals surface area contributed by atoms with E-state index in [0.29, 0.717) is 12.1 Å². The molecule has 1 aliphatic rings. The van der Waals surface area contributed by atoms with Gasteiger partial charge >= 0.3 is 0 Å². The third-order valence-corrected chi connectivity index (χ3v) is 5.37. The molecule has 0 aromatic heterocycles. The molecule has 0 fully saturated rings. The third kappa shape index (κ3) is 4.25. The van der Waals surface area contributed by atoms with E-state index in [4.69, 9.17) is 0 Å². The zero-order valence-corrected chi connectivity index (χ0v) is 16.8. The van der Waals surface area contributed by atoms with Crippen molar-refractivity contribution in [1.29, 1.82) is 0 Å². The molecule has 2 amide bonds. The molecule has 0 aliphatic carbocycles. The van der Waals surface area contributed by atoms with Crippen molar-refractivity contribution in [3.05, 3.63) is 101 Å². The number of nitrogens with one attached hydrogen (secondary N) is 1. The Kier molecular flexibility index (Phi) is 5.61. The second-order valence-corrected chi connectivity index (χ2v) is 7.64. The maximum Gasteiger partial charge on any atom is 0.258 e. The van der Waals surface area contributed by atoms with Crippen molar-refractivity contribution in [2.75, 3.05) is 4.90 Å². The molecule has 1 N–H and O–H groups in total. The molecule has 30 heavy (non-hydrogen) atoms. The van der Waals surface area contributed by atoms with Crippen LogP contribution in [-0.4, -0.2) is 17.9 Å². The van der Waals surface area contributed by atoms with Crippen LogP contribution in [-0.2, 0) is 24.2 Å². The number of fused-ring (bicyclic) bond motifs is 1. The number of hydrogen-bond donors (Lipinski definition) is 1. The smallest absolute Gasteiger partial charge is 0.258 e. The molecule has 3 aromatic carbocycles. The number of anilines is 1. The first-order chi connectivity index (χ1) is 14.5. The summed E-state index contributed by atoms with van der Waals surface area (Å²) >= 11 is 0. The van der Waals surface area contributed by atoms with E-state index in [1.807, 2.05) is 60.4 Å². The van der Waals surface area contributed by atoms with Crippen molar-refractivity contribution in [3.8, 4) is 0 Å². The second kappa shape index (κ2) is 8.49. The lowest BCUT2D eigenvalue weighted by atomic mass is 10.1. The van der Waals surface area contributed by atoms with Gasteiger partial charge < -0.3 is 10.2 Å². The van der Waals surface area contributed by atoms with Gasteiger partial charge in [-0.2, -0.15) is 0 Å². The molecule has 1 heterocycles. The lowest BCUT2D eigenvalue weighted by molar-refractivity contribution is -0.120. The Morgan fingerprint density at radius 3 is 2.43 bits per heavy atom. The lowest BCUT2D eigenvalue weighted by Gasteiger charge is -2.23. The maximum absolute atomic E-state index is 13.1. The normalized spacial score (nSPS) is 15.0. The van der Waals surface area contributed by atoms with Crippen molar-refractivity contribution >= 4 is 17.5 Å². The van der Waals surface area contributed by atoms with Gasteiger partial charge in [0.25, 0.3) is 5.91 Å². The summed E-state index contributed by atoms with van der Waals surface area (Å²) in [5.41, 5.74) is 4.39. The van der Waals surface area contributed by atoms with Gasteiger partial charge in [0.15, 0.2) is 0 Å². The number of carbonyl (C=O) groups is 2. The molecular weight excluding hydrogens is 379 g/mol. The van der Waals surface area contributed by atoms with Crippen LogP contribution in [0.1, 0.15) is 34.0 Å². The minimum Gasteiger partial charge on any atom is -0.352 e. The van der Waals surface area contributed by atoms with Crippen molar-refractivity contribution in [3.63, 3.8) is 0 Å². The molecule has 152 valence electrons.